The lowest BCUT2D eigenvalue weighted by Crippen LogP contribution is -2.60. The zero-order valence-corrected chi connectivity index (χ0v) is 14.2. The molecule has 0 saturated carbocycles. The highest BCUT2D eigenvalue weighted by atomic mass is 16.7. The van der Waals surface area contributed by atoms with Gasteiger partial charge in [0.1, 0.15) is 31.0 Å². The highest BCUT2D eigenvalue weighted by molar-refractivity contribution is 5.68. The second-order valence-electron chi connectivity index (χ2n) is 6.01. The Kier molecular flexibility index (Phi) is 10.4. The quantitative estimate of drug-likeness (QED) is 0.370. The number of hydrogen-bond donors (Lipinski definition) is 4. The summed E-state index contributed by atoms with van der Waals surface area (Å²) in [4.78, 5) is 10.6. The van der Waals surface area contributed by atoms with Crippen LogP contribution in [-0.4, -0.2) is 76.9 Å². The average Bonchev–Trinajstić information content (AvgIpc) is 2.55. The third-order valence-electron chi connectivity index (χ3n) is 4.00. The summed E-state index contributed by atoms with van der Waals surface area (Å²) in [5.74, 6) is -1.22. The van der Waals surface area contributed by atoms with Crippen LogP contribution in [0.15, 0.2) is 0 Å². The van der Waals surface area contributed by atoms with Crippen LogP contribution in [0.1, 0.15) is 45.4 Å². The van der Waals surface area contributed by atoms with Crippen molar-refractivity contribution in [1.29, 1.82) is 0 Å². The topological polar surface area (TPSA) is 126 Å². The molecule has 0 amide bonds. The fourth-order valence-electron chi connectivity index (χ4n) is 2.64. The van der Waals surface area contributed by atoms with Crippen LogP contribution in [0.25, 0.3) is 0 Å². The first kappa shape index (κ1) is 21.3. The van der Waals surface area contributed by atoms with E-state index in [9.17, 15) is 20.1 Å². The SMILES string of the molecule is CCCCCCCCO[C@@H]1O[C@H](CO)[C@H](O)[C@H](OCC(=O)O)[C@H]1O. The van der Waals surface area contributed by atoms with Crippen molar-refractivity contribution in [2.45, 2.75) is 76.2 Å². The van der Waals surface area contributed by atoms with Crippen LogP contribution in [0.4, 0.5) is 0 Å². The fraction of sp³-hybridized carbons (Fsp3) is 0.938. The van der Waals surface area contributed by atoms with Crippen molar-refractivity contribution in [2.24, 2.45) is 0 Å². The molecule has 1 heterocycles. The van der Waals surface area contributed by atoms with Gasteiger partial charge in [0, 0.05) is 6.61 Å². The van der Waals surface area contributed by atoms with E-state index in [0.29, 0.717) is 6.61 Å². The number of carboxylic acid groups (broad SMARTS) is 1. The van der Waals surface area contributed by atoms with E-state index in [1.807, 2.05) is 0 Å². The summed E-state index contributed by atoms with van der Waals surface area (Å²) in [6, 6.07) is 0. The molecule has 0 aromatic carbocycles. The number of carboxylic acids is 1. The first-order chi connectivity index (χ1) is 11.5. The third kappa shape index (κ3) is 7.00. The Balaban J connectivity index is 2.42. The molecule has 1 fully saturated rings. The van der Waals surface area contributed by atoms with Crippen LogP contribution < -0.4 is 0 Å². The van der Waals surface area contributed by atoms with Gasteiger partial charge in [-0.3, -0.25) is 0 Å². The van der Waals surface area contributed by atoms with Crippen molar-refractivity contribution in [3.63, 3.8) is 0 Å². The summed E-state index contributed by atoms with van der Waals surface area (Å²) >= 11 is 0. The van der Waals surface area contributed by atoms with Crippen molar-refractivity contribution in [1.82, 2.24) is 0 Å². The largest absolute Gasteiger partial charge is 0.480 e. The number of aliphatic hydroxyl groups is 3. The van der Waals surface area contributed by atoms with Crippen LogP contribution in [0.3, 0.4) is 0 Å². The Morgan fingerprint density at radius 1 is 1.04 bits per heavy atom. The summed E-state index contributed by atoms with van der Waals surface area (Å²) < 4.78 is 15.9. The molecular weight excluding hydrogens is 320 g/mol. The van der Waals surface area contributed by atoms with E-state index in [1.165, 1.54) is 19.3 Å². The first-order valence-electron chi connectivity index (χ1n) is 8.58. The van der Waals surface area contributed by atoms with Crippen molar-refractivity contribution >= 4 is 5.97 Å². The molecule has 0 radical (unpaired) electrons. The molecule has 0 unspecified atom stereocenters. The maximum absolute atomic E-state index is 10.6. The molecule has 24 heavy (non-hydrogen) atoms. The van der Waals surface area contributed by atoms with Crippen LogP contribution in [-0.2, 0) is 19.0 Å². The summed E-state index contributed by atoms with van der Waals surface area (Å²) in [6.07, 6.45) is 0.586. The minimum Gasteiger partial charge on any atom is -0.480 e. The van der Waals surface area contributed by atoms with E-state index in [0.717, 1.165) is 19.3 Å². The molecule has 0 spiro atoms. The van der Waals surface area contributed by atoms with E-state index in [1.54, 1.807) is 0 Å². The van der Waals surface area contributed by atoms with Gasteiger partial charge >= 0.3 is 5.97 Å². The highest BCUT2D eigenvalue weighted by Gasteiger charge is 2.45. The van der Waals surface area contributed by atoms with E-state index in [-0.39, 0.29) is 0 Å². The Morgan fingerprint density at radius 3 is 2.33 bits per heavy atom. The smallest absolute Gasteiger partial charge is 0.329 e. The fourth-order valence-corrected chi connectivity index (χ4v) is 2.64. The molecule has 1 aliphatic heterocycles. The number of aliphatic hydroxyl groups excluding tert-OH is 3. The number of rotatable bonds is 12. The normalized spacial score (nSPS) is 30.4. The predicted octanol–water partition coefficient (Wildman–Crippen LogP) is 0.272. The highest BCUT2D eigenvalue weighted by Crippen LogP contribution is 2.24. The van der Waals surface area contributed by atoms with Crippen LogP contribution in [0, 0.1) is 0 Å². The summed E-state index contributed by atoms with van der Waals surface area (Å²) in [7, 11) is 0. The molecule has 0 bridgehead atoms. The lowest BCUT2D eigenvalue weighted by Gasteiger charge is -2.41. The molecule has 1 saturated heterocycles. The number of aliphatic carboxylic acids is 1. The van der Waals surface area contributed by atoms with Crippen LogP contribution in [0.5, 0.6) is 0 Å². The van der Waals surface area contributed by atoms with Crippen molar-refractivity contribution in [3.05, 3.63) is 0 Å². The minimum absolute atomic E-state index is 0.369. The molecule has 4 N–H and O–H groups in total. The Hall–Kier alpha value is -0.770. The van der Waals surface area contributed by atoms with Gasteiger partial charge in [-0.15, -0.1) is 0 Å². The zero-order valence-electron chi connectivity index (χ0n) is 14.2. The van der Waals surface area contributed by atoms with Crippen LogP contribution >= 0.6 is 0 Å². The molecule has 1 rings (SSSR count). The monoisotopic (exact) mass is 350 g/mol. The average molecular weight is 350 g/mol. The lowest BCUT2D eigenvalue weighted by molar-refractivity contribution is -0.307. The van der Waals surface area contributed by atoms with Gasteiger partial charge in [0.15, 0.2) is 6.29 Å². The van der Waals surface area contributed by atoms with Gasteiger partial charge in [-0.1, -0.05) is 39.0 Å². The van der Waals surface area contributed by atoms with E-state index in [2.05, 4.69) is 6.92 Å². The van der Waals surface area contributed by atoms with Crippen LogP contribution in [0.2, 0.25) is 0 Å². The van der Waals surface area contributed by atoms with Gasteiger partial charge in [-0.25, -0.2) is 4.79 Å². The molecule has 8 nitrogen and oxygen atoms in total. The molecular formula is C16H30O8. The number of carbonyl (C=O) groups is 1. The van der Waals surface area contributed by atoms with Crippen molar-refractivity contribution in [3.8, 4) is 0 Å². The van der Waals surface area contributed by atoms with Gasteiger partial charge in [0.05, 0.1) is 6.61 Å². The third-order valence-corrected chi connectivity index (χ3v) is 4.00. The van der Waals surface area contributed by atoms with Gasteiger partial charge in [-0.2, -0.15) is 0 Å². The molecule has 0 aromatic heterocycles. The van der Waals surface area contributed by atoms with Gasteiger partial charge in [0.2, 0.25) is 0 Å². The van der Waals surface area contributed by atoms with Gasteiger partial charge in [0.25, 0.3) is 0 Å². The number of ether oxygens (including phenoxy) is 3. The summed E-state index contributed by atoms with van der Waals surface area (Å²) in [5.41, 5.74) is 0. The van der Waals surface area contributed by atoms with Crippen molar-refractivity contribution < 1.29 is 39.4 Å². The second kappa shape index (κ2) is 11.7. The molecule has 8 heteroatoms. The lowest BCUT2D eigenvalue weighted by atomic mass is 9.99. The Morgan fingerprint density at radius 2 is 1.71 bits per heavy atom. The van der Waals surface area contributed by atoms with Crippen molar-refractivity contribution in [2.75, 3.05) is 19.8 Å². The summed E-state index contributed by atoms with van der Waals surface area (Å²) in [5, 5.41) is 38.1. The predicted molar refractivity (Wildman–Crippen MR) is 84.5 cm³/mol. The summed E-state index contributed by atoms with van der Waals surface area (Å²) in [6.45, 7) is 1.37. The Bertz CT molecular complexity index is 351. The second-order valence-corrected chi connectivity index (χ2v) is 6.01. The number of hydrogen-bond acceptors (Lipinski definition) is 7. The molecule has 0 aromatic rings. The Labute approximate surface area is 142 Å². The number of unbranched alkanes of at least 4 members (excludes halogenated alkanes) is 5. The van der Waals surface area contributed by atoms with E-state index < -0.39 is 49.9 Å². The minimum atomic E-state index is -1.33. The molecule has 1 aliphatic rings. The maximum atomic E-state index is 10.6. The maximum Gasteiger partial charge on any atom is 0.329 e. The zero-order chi connectivity index (χ0) is 17.9. The van der Waals surface area contributed by atoms with Gasteiger partial charge in [-0.05, 0) is 6.42 Å². The van der Waals surface area contributed by atoms with Gasteiger partial charge < -0.3 is 34.6 Å². The molecule has 5 atom stereocenters. The molecule has 142 valence electrons. The molecule has 0 aliphatic carbocycles. The van der Waals surface area contributed by atoms with E-state index in [4.69, 9.17) is 19.3 Å². The first-order valence-corrected chi connectivity index (χ1v) is 8.58. The van der Waals surface area contributed by atoms with E-state index >= 15 is 0 Å². The standard InChI is InChI=1S/C16H30O8/c1-2-3-4-5-6-7-8-22-16-14(21)15(23-10-12(18)19)13(20)11(9-17)24-16/h11,13-17,20-21H,2-10H2,1H3,(H,18,19)/t11-,13+,14-,15+,16-/m1/s1.